The molecule has 12 heavy (non-hydrogen) atoms. The van der Waals surface area contributed by atoms with E-state index in [-0.39, 0.29) is 36.7 Å². The Kier molecular flexibility index (Phi) is 11.2. The van der Waals surface area contributed by atoms with Crippen molar-refractivity contribution >= 4 is 42.8 Å². The molecule has 0 fully saturated rings. The van der Waals surface area contributed by atoms with Crippen molar-refractivity contribution in [1.29, 1.82) is 0 Å². The van der Waals surface area contributed by atoms with Crippen molar-refractivity contribution in [2.75, 3.05) is 0 Å². The molecule has 0 atom stereocenters. The van der Waals surface area contributed by atoms with Crippen molar-refractivity contribution < 1.29 is 4.79 Å². The standard InChI is InChI=1S/C3H8N6O.2ClH/c4-1(5)8-3(10)9-2(6)7;;/h(H8,4,5,6,7,8,9,10);2*1H. The second kappa shape index (κ2) is 7.89. The lowest BCUT2D eigenvalue weighted by atomic mass is 10.9. The molecule has 0 rings (SSSR count). The first-order valence-corrected chi connectivity index (χ1v) is 2.25. The maximum atomic E-state index is 10.4. The molecule has 72 valence electrons. The van der Waals surface area contributed by atoms with Crippen molar-refractivity contribution in [3.8, 4) is 0 Å². The molecule has 0 aliphatic carbocycles. The highest BCUT2D eigenvalue weighted by Gasteiger charge is 1.93. The molecule has 2 amide bonds. The van der Waals surface area contributed by atoms with Gasteiger partial charge in [0.25, 0.3) is 0 Å². The summed E-state index contributed by atoms with van der Waals surface area (Å²) in [5.41, 5.74) is 19.3. The van der Waals surface area contributed by atoms with E-state index in [4.69, 9.17) is 22.9 Å². The summed E-state index contributed by atoms with van der Waals surface area (Å²) < 4.78 is 0. The van der Waals surface area contributed by atoms with Crippen molar-refractivity contribution in [3.63, 3.8) is 0 Å². The number of hydrogen-bond acceptors (Lipinski definition) is 1. The van der Waals surface area contributed by atoms with Gasteiger partial charge in [-0.1, -0.05) is 0 Å². The van der Waals surface area contributed by atoms with E-state index < -0.39 is 6.03 Å². The van der Waals surface area contributed by atoms with E-state index >= 15 is 0 Å². The first-order valence-electron chi connectivity index (χ1n) is 2.25. The third kappa shape index (κ3) is 11.6. The first-order chi connectivity index (χ1) is 4.52. The molecule has 0 unspecified atom stereocenters. The van der Waals surface area contributed by atoms with Crippen LogP contribution < -0.4 is 22.9 Å². The topological polar surface area (TPSA) is 146 Å². The summed E-state index contributed by atoms with van der Waals surface area (Å²) in [4.78, 5) is 16.4. The monoisotopic (exact) mass is 216 g/mol. The number of hydrogen-bond donors (Lipinski definition) is 4. The second-order valence-corrected chi connectivity index (χ2v) is 1.36. The number of nitrogens with zero attached hydrogens (tertiary/aromatic N) is 2. The molecule has 0 aliphatic heterocycles. The fraction of sp³-hybridized carbons (Fsp3) is 0. The van der Waals surface area contributed by atoms with Gasteiger partial charge < -0.3 is 22.9 Å². The maximum absolute atomic E-state index is 10.4. The van der Waals surface area contributed by atoms with E-state index in [0.29, 0.717) is 0 Å². The van der Waals surface area contributed by atoms with Crippen molar-refractivity contribution in [1.82, 2.24) is 0 Å². The molecule has 8 N–H and O–H groups in total. The Morgan fingerprint density at radius 2 is 1.08 bits per heavy atom. The minimum absolute atomic E-state index is 0. The molecule has 7 nitrogen and oxygen atoms in total. The molecule has 0 aromatic carbocycles. The summed E-state index contributed by atoms with van der Waals surface area (Å²) in [6.45, 7) is 0. The van der Waals surface area contributed by atoms with E-state index in [1.165, 1.54) is 0 Å². The lowest BCUT2D eigenvalue weighted by molar-refractivity contribution is 0.257. The van der Waals surface area contributed by atoms with Crippen LogP contribution in [0.2, 0.25) is 0 Å². The van der Waals surface area contributed by atoms with E-state index in [9.17, 15) is 4.79 Å². The largest absolute Gasteiger partial charge is 0.373 e. The van der Waals surface area contributed by atoms with Crippen LogP contribution in [0.15, 0.2) is 9.98 Å². The van der Waals surface area contributed by atoms with Gasteiger partial charge in [0.2, 0.25) is 0 Å². The summed E-state index contributed by atoms with van der Waals surface area (Å²) in [6, 6.07) is -0.917. The predicted molar refractivity (Wildman–Crippen MR) is 51.5 cm³/mol. The molecule has 0 spiro atoms. The summed E-state index contributed by atoms with van der Waals surface area (Å²) in [5, 5.41) is 0. The van der Waals surface area contributed by atoms with Crippen LogP contribution in [0.25, 0.3) is 0 Å². The summed E-state index contributed by atoms with van der Waals surface area (Å²) in [6.07, 6.45) is 0. The predicted octanol–water partition coefficient (Wildman–Crippen LogP) is -1.50. The second-order valence-electron chi connectivity index (χ2n) is 1.36. The minimum Gasteiger partial charge on any atom is -0.370 e. The fourth-order valence-electron chi connectivity index (χ4n) is 0.246. The Labute approximate surface area is 81.1 Å². The number of carbonyl (C=O) groups excluding carboxylic acids is 1. The fourth-order valence-corrected chi connectivity index (χ4v) is 0.246. The lowest BCUT2D eigenvalue weighted by Gasteiger charge is -1.87. The normalized spacial score (nSPS) is 6.67. The van der Waals surface area contributed by atoms with Crippen molar-refractivity contribution in [3.05, 3.63) is 0 Å². The Bertz CT molecular complexity index is 173. The zero-order valence-electron chi connectivity index (χ0n) is 5.93. The molecule has 0 aromatic heterocycles. The number of aliphatic imine (C=N–C) groups is 2. The van der Waals surface area contributed by atoms with Crippen molar-refractivity contribution in [2.24, 2.45) is 32.9 Å². The minimum atomic E-state index is -0.917. The molecular formula is C3H10Cl2N6O. The molecule has 9 heteroatoms. The summed E-state index contributed by atoms with van der Waals surface area (Å²) >= 11 is 0. The smallest absolute Gasteiger partial charge is 0.370 e. The summed E-state index contributed by atoms with van der Waals surface area (Å²) in [5.74, 6) is -0.759. The van der Waals surface area contributed by atoms with E-state index in [2.05, 4.69) is 9.98 Å². The lowest BCUT2D eigenvalue weighted by Crippen LogP contribution is -2.26. The number of carbonyl (C=O) groups is 1. The van der Waals surface area contributed by atoms with Gasteiger partial charge >= 0.3 is 6.03 Å². The molecule has 0 aromatic rings. The average Bonchev–Trinajstić information content (AvgIpc) is 1.58. The van der Waals surface area contributed by atoms with Gasteiger partial charge in [-0.05, 0) is 0 Å². The van der Waals surface area contributed by atoms with E-state index in [0.717, 1.165) is 0 Å². The van der Waals surface area contributed by atoms with Crippen LogP contribution in [0.1, 0.15) is 0 Å². The number of guanidine groups is 2. The van der Waals surface area contributed by atoms with Gasteiger partial charge in [0.15, 0.2) is 11.9 Å². The Morgan fingerprint density at radius 1 is 0.833 bits per heavy atom. The van der Waals surface area contributed by atoms with Crippen molar-refractivity contribution in [2.45, 2.75) is 0 Å². The van der Waals surface area contributed by atoms with Gasteiger partial charge in [-0.25, -0.2) is 4.79 Å². The zero-order valence-corrected chi connectivity index (χ0v) is 7.56. The number of amides is 2. The van der Waals surface area contributed by atoms with Gasteiger partial charge in [-0.2, -0.15) is 9.98 Å². The van der Waals surface area contributed by atoms with Crippen LogP contribution in [0.3, 0.4) is 0 Å². The van der Waals surface area contributed by atoms with E-state index in [1.54, 1.807) is 0 Å². The van der Waals surface area contributed by atoms with E-state index in [1.807, 2.05) is 0 Å². The van der Waals surface area contributed by atoms with Crippen LogP contribution in [0.4, 0.5) is 4.79 Å². The van der Waals surface area contributed by atoms with Crippen LogP contribution in [-0.4, -0.2) is 18.0 Å². The van der Waals surface area contributed by atoms with Crippen LogP contribution >= 0.6 is 24.8 Å². The Hall–Kier alpha value is -1.21. The molecule has 0 saturated heterocycles. The number of rotatable bonds is 0. The number of halogens is 2. The van der Waals surface area contributed by atoms with Crippen LogP contribution in [0.5, 0.6) is 0 Å². The highest BCUT2D eigenvalue weighted by atomic mass is 35.5. The third-order valence-corrected chi connectivity index (χ3v) is 0.449. The molecule has 0 heterocycles. The Balaban J connectivity index is -0.000000405. The van der Waals surface area contributed by atoms with Gasteiger partial charge in [0, 0.05) is 0 Å². The molecule has 0 aliphatic rings. The molecule has 0 saturated carbocycles. The van der Waals surface area contributed by atoms with Gasteiger partial charge in [0.1, 0.15) is 0 Å². The molecular weight excluding hydrogens is 207 g/mol. The van der Waals surface area contributed by atoms with Gasteiger partial charge in [-0.15, -0.1) is 24.8 Å². The maximum Gasteiger partial charge on any atom is 0.373 e. The SMILES string of the molecule is Cl.Cl.NC(N)=NC(=O)N=C(N)N. The van der Waals surface area contributed by atoms with Gasteiger partial charge in [-0.3, -0.25) is 0 Å². The van der Waals surface area contributed by atoms with Crippen LogP contribution in [0, 0.1) is 0 Å². The first kappa shape index (κ1) is 17.0. The highest BCUT2D eigenvalue weighted by molar-refractivity contribution is 5.96. The molecule has 0 radical (unpaired) electrons. The summed E-state index contributed by atoms with van der Waals surface area (Å²) in [7, 11) is 0. The van der Waals surface area contributed by atoms with Gasteiger partial charge in [0.05, 0.1) is 0 Å². The zero-order chi connectivity index (χ0) is 8.15. The quantitative estimate of drug-likeness (QED) is 0.288. The molecule has 0 bridgehead atoms. The number of urea groups is 1. The Morgan fingerprint density at radius 3 is 1.25 bits per heavy atom. The van der Waals surface area contributed by atoms with Crippen LogP contribution in [-0.2, 0) is 0 Å². The number of nitrogens with two attached hydrogens (primary N) is 4. The average molecular weight is 217 g/mol. The third-order valence-electron chi connectivity index (χ3n) is 0.449. The highest BCUT2D eigenvalue weighted by Crippen LogP contribution is 1.77.